The van der Waals surface area contributed by atoms with Crippen molar-refractivity contribution in [2.75, 3.05) is 43.0 Å². The van der Waals surface area contributed by atoms with Gasteiger partial charge >= 0.3 is 12.0 Å². The van der Waals surface area contributed by atoms with Gasteiger partial charge < -0.3 is 14.1 Å². The molecule has 1 aliphatic heterocycles. The zero-order valence-corrected chi connectivity index (χ0v) is 20.2. The molecule has 1 aliphatic rings. The summed E-state index contributed by atoms with van der Waals surface area (Å²) < 4.78 is 11.0. The van der Waals surface area contributed by atoms with E-state index < -0.39 is 5.97 Å². The maximum atomic E-state index is 12.6. The molecule has 2 aromatic heterocycles. The van der Waals surface area contributed by atoms with Gasteiger partial charge in [0.1, 0.15) is 11.1 Å². The van der Waals surface area contributed by atoms with Crippen molar-refractivity contribution >= 4 is 47.1 Å². The van der Waals surface area contributed by atoms with E-state index in [-0.39, 0.29) is 19.0 Å². The van der Waals surface area contributed by atoms with E-state index in [4.69, 9.17) is 9.15 Å². The zero-order valence-electron chi connectivity index (χ0n) is 19.4. The molecular weight excluding hydrogens is 468 g/mol. The second-order valence-corrected chi connectivity index (χ2v) is 7.98. The van der Waals surface area contributed by atoms with Crippen LogP contribution in [0.3, 0.4) is 0 Å². The number of esters is 1. The standard InChI is InChI=1S/C25H26N6O3.ClH/c1-2-33-23(32)19-16-26-24(29-25-28-20-10-6-7-11-22(20)34-25)27-21(19)17-30-12-14-31(15-13-30)18-8-4-3-5-9-18;/h3-11,16H,2,12-15,17H2,1H3,(H,26,27,28,29);1H. The van der Waals surface area contributed by atoms with E-state index in [0.29, 0.717) is 35.3 Å². The van der Waals surface area contributed by atoms with Crippen molar-refractivity contribution in [1.82, 2.24) is 19.9 Å². The van der Waals surface area contributed by atoms with Crippen LogP contribution in [0.25, 0.3) is 11.1 Å². The Morgan fingerprint density at radius 2 is 1.77 bits per heavy atom. The first-order chi connectivity index (χ1) is 16.7. The van der Waals surface area contributed by atoms with Crippen LogP contribution in [0.4, 0.5) is 17.7 Å². The van der Waals surface area contributed by atoms with E-state index in [1.54, 1.807) is 6.92 Å². The Bertz CT molecular complexity index is 1240. The lowest BCUT2D eigenvalue weighted by Crippen LogP contribution is -2.46. The number of hydrogen-bond acceptors (Lipinski definition) is 9. The fourth-order valence-corrected chi connectivity index (χ4v) is 4.01. The average Bonchev–Trinajstić information content (AvgIpc) is 3.28. The first-order valence-electron chi connectivity index (χ1n) is 11.4. The van der Waals surface area contributed by atoms with E-state index in [9.17, 15) is 4.79 Å². The molecule has 35 heavy (non-hydrogen) atoms. The Morgan fingerprint density at radius 1 is 1.03 bits per heavy atom. The summed E-state index contributed by atoms with van der Waals surface area (Å²) in [5.41, 5.74) is 3.62. The number of carbonyl (C=O) groups is 1. The number of piperazine rings is 1. The molecule has 0 amide bonds. The van der Waals surface area contributed by atoms with Crippen molar-refractivity contribution in [3.8, 4) is 0 Å². The molecule has 1 fully saturated rings. The molecule has 3 heterocycles. The summed E-state index contributed by atoms with van der Waals surface area (Å²) in [6.07, 6.45) is 1.51. The van der Waals surface area contributed by atoms with Crippen molar-refractivity contribution in [1.29, 1.82) is 0 Å². The van der Waals surface area contributed by atoms with Crippen molar-refractivity contribution in [2.24, 2.45) is 0 Å². The van der Waals surface area contributed by atoms with Crippen LogP contribution in [0.5, 0.6) is 0 Å². The van der Waals surface area contributed by atoms with Crippen molar-refractivity contribution < 1.29 is 13.9 Å². The van der Waals surface area contributed by atoms with Gasteiger partial charge in [-0.05, 0) is 31.2 Å². The highest BCUT2D eigenvalue weighted by molar-refractivity contribution is 5.90. The van der Waals surface area contributed by atoms with Gasteiger partial charge in [0.15, 0.2) is 5.58 Å². The highest BCUT2D eigenvalue weighted by Gasteiger charge is 2.22. The highest BCUT2D eigenvalue weighted by Crippen LogP contribution is 2.22. The van der Waals surface area contributed by atoms with Crippen LogP contribution in [0.15, 0.2) is 65.2 Å². The fraction of sp³-hybridized carbons (Fsp3) is 0.280. The normalized spacial score (nSPS) is 13.9. The molecule has 1 saturated heterocycles. The van der Waals surface area contributed by atoms with Crippen LogP contribution in [0.2, 0.25) is 0 Å². The Kier molecular flexibility index (Phi) is 7.79. The molecule has 5 rings (SSSR count). The maximum Gasteiger partial charge on any atom is 0.341 e. The number of anilines is 3. The van der Waals surface area contributed by atoms with Crippen molar-refractivity contribution in [3.63, 3.8) is 0 Å². The van der Waals surface area contributed by atoms with Gasteiger partial charge in [0.2, 0.25) is 5.95 Å². The van der Waals surface area contributed by atoms with Gasteiger partial charge in [0.05, 0.1) is 12.3 Å². The van der Waals surface area contributed by atoms with E-state index in [1.165, 1.54) is 11.9 Å². The van der Waals surface area contributed by atoms with Gasteiger partial charge in [0, 0.05) is 44.6 Å². The summed E-state index contributed by atoms with van der Waals surface area (Å²) in [4.78, 5) is 30.6. The molecule has 0 aliphatic carbocycles. The number of carbonyl (C=O) groups excluding carboxylic acids is 1. The Balaban J connectivity index is 0.00000289. The minimum Gasteiger partial charge on any atom is -0.462 e. The number of benzene rings is 2. The predicted octanol–water partition coefficient (Wildman–Crippen LogP) is 4.28. The summed E-state index contributed by atoms with van der Waals surface area (Å²) in [6, 6.07) is 18.2. The van der Waals surface area contributed by atoms with E-state index in [1.807, 2.05) is 30.3 Å². The molecule has 1 N–H and O–H groups in total. The first-order valence-corrected chi connectivity index (χ1v) is 11.4. The maximum absolute atomic E-state index is 12.6. The number of fused-ring (bicyclic) bond motifs is 1. The van der Waals surface area contributed by atoms with Crippen LogP contribution >= 0.6 is 12.4 Å². The third kappa shape index (κ3) is 5.70. The molecule has 10 heteroatoms. The van der Waals surface area contributed by atoms with Gasteiger partial charge in [0.25, 0.3) is 0 Å². The molecule has 0 atom stereocenters. The molecule has 0 bridgehead atoms. The number of nitrogens with one attached hydrogen (secondary N) is 1. The lowest BCUT2D eigenvalue weighted by molar-refractivity contribution is 0.0522. The Morgan fingerprint density at radius 3 is 2.51 bits per heavy atom. The van der Waals surface area contributed by atoms with Gasteiger partial charge in [-0.2, -0.15) is 4.98 Å². The van der Waals surface area contributed by atoms with Crippen LogP contribution in [0.1, 0.15) is 23.0 Å². The first kappa shape index (κ1) is 24.4. The second-order valence-electron chi connectivity index (χ2n) is 7.98. The van der Waals surface area contributed by atoms with Crippen LogP contribution < -0.4 is 10.2 Å². The van der Waals surface area contributed by atoms with Gasteiger partial charge in [-0.15, -0.1) is 12.4 Å². The number of rotatable bonds is 7. The molecule has 9 nitrogen and oxygen atoms in total. The van der Waals surface area contributed by atoms with Crippen molar-refractivity contribution in [3.05, 3.63) is 72.1 Å². The van der Waals surface area contributed by atoms with E-state index in [2.05, 4.69) is 54.3 Å². The minimum absolute atomic E-state index is 0. The summed E-state index contributed by atoms with van der Waals surface area (Å²) in [5, 5.41) is 3.02. The summed E-state index contributed by atoms with van der Waals surface area (Å²) >= 11 is 0. The average molecular weight is 495 g/mol. The minimum atomic E-state index is -0.422. The van der Waals surface area contributed by atoms with Crippen molar-refractivity contribution in [2.45, 2.75) is 13.5 Å². The molecular formula is C25H27ClN6O3. The molecule has 4 aromatic rings. The molecule has 0 saturated carbocycles. The van der Waals surface area contributed by atoms with Gasteiger partial charge in [-0.1, -0.05) is 30.3 Å². The lowest BCUT2D eigenvalue weighted by atomic mass is 10.2. The lowest BCUT2D eigenvalue weighted by Gasteiger charge is -2.36. The number of oxazole rings is 1. The van der Waals surface area contributed by atoms with E-state index in [0.717, 1.165) is 31.7 Å². The van der Waals surface area contributed by atoms with Gasteiger partial charge in [-0.3, -0.25) is 10.2 Å². The summed E-state index contributed by atoms with van der Waals surface area (Å²) in [6.45, 7) is 6.10. The smallest absolute Gasteiger partial charge is 0.341 e. The topological polar surface area (TPSA) is 96.6 Å². The molecule has 2 aromatic carbocycles. The van der Waals surface area contributed by atoms with Crippen LogP contribution in [-0.2, 0) is 11.3 Å². The Labute approximate surface area is 209 Å². The van der Waals surface area contributed by atoms with E-state index >= 15 is 0 Å². The number of hydrogen-bond donors (Lipinski definition) is 1. The quantitative estimate of drug-likeness (QED) is 0.377. The number of nitrogens with zero attached hydrogens (tertiary/aromatic N) is 5. The third-order valence-electron chi connectivity index (χ3n) is 5.74. The summed E-state index contributed by atoms with van der Waals surface area (Å²) in [5.74, 6) is -0.105. The SMILES string of the molecule is CCOC(=O)c1cnc(Nc2nc3ccccc3o2)nc1CN1CCN(c2ccccc2)CC1.Cl. The highest BCUT2D eigenvalue weighted by atomic mass is 35.5. The molecule has 0 spiro atoms. The van der Waals surface area contributed by atoms with Crippen LogP contribution in [0, 0.1) is 0 Å². The Hall–Kier alpha value is -3.69. The van der Waals surface area contributed by atoms with Gasteiger partial charge in [-0.25, -0.2) is 14.8 Å². The molecule has 182 valence electrons. The second kappa shape index (κ2) is 11.2. The zero-order chi connectivity index (χ0) is 23.3. The number of ether oxygens (including phenoxy) is 1. The molecule has 0 unspecified atom stereocenters. The molecule has 0 radical (unpaired) electrons. The fourth-order valence-electron chi connectivity index (χ4n) is 4.01. The monoisotopic (exact) mass is 494 g/mol. The largest absolute Gasteiger partial charge is 0.462 e. The predicted molar refractivity (Wildman–Crippen MR) is 136 cm³/mol. The third-order valence-corrected chi connectivity index (χ3v) is 5.74. The number of aromatic nitrogens is 3. The summed E-state index contributed by atoms with van der Waals surface area (Å²) in [7, 11) is 0. The van der Waals surface area contributed by atoms with Crippen LogP contribution in [-0.4, -0.2) is 58.6 Å². The number of para-hydroxylation sites is 3. The number of halogens is 1.